The Labute approximate surface area is 172 Å². The molecule has 0 amide bonds. The summed E-state index contributed by atoms with van der Waals surface area (Å²) in [6, 6.07) is 0. The molecule has 0 saturated carbocycles. The van der Waals surface area contributed by atoms with Gasteiger partial charge in [0.1, 0.15) is 36.6 Å². The minimum absolute atomic E-state index is 0.641. The van der Waals surface area contributed by atoms with E-state index in [0.29, 0.717) is 0 Å². The molecule has 0 rings (SSSR count). The van der Waals surface area contributed by atoms with E-state index in [4.69, 9.17) is 61.3 Å². The number of carboxylic acid groups (broad SMARTS) is 2. The first-order chi connectivity index (χ1) is 13.8. The van der Waals surface area contributed by atoms with Gasteiger partial charge in [0.25, 0.3) is 0 Å². The van der Waals surface area contributed by atoms with E-state index in [1.807, 2.05) is 0 Å². The van der Waals surface area contributed by atoms with Gasteiger partial charge in [-0.15, -0.1) is 0 Å². The summed E-state index contributed by atoms with van der Waals surface area (Å²) in [6.07, 6.45) is -6.92. The van der Waals surface area contributed by atoms with E-state index in [2.05, 4.69) is 13.2 Å². The van der Waals surface area contributed by atoms with E-state index in [1.165, 1.54) is 0 Å². The van der Waals surface area contributed by atoms with Gasteiger partial charge in [0, 0.05) is 12.2 Å². The molecule has 0 aliphatic carbocycles. The van der Waals surface area contributed by atoms with Gasteiger partial charge in [-0.3, -0.25) is 0 Å². The van der Waals surface area contributed by atoms with E-state index in [0.717, 1.165) is 12.2 Å². The van der Waals surface area contributed by atoms with Crippen LogP contribution in [0.3, 0.4) is 0 Å². The number of carbonyl (C=O) groups is 2. The van der Waals surface area contributed by atoms with E-state index < -0.39 is 75.0 Å². The monoisotopic (exact) mass is 448 g/mol. The number of rotatable bonds is 10. The van der Waals surface area contributed by atoms with Crippen molar-refractivity contribution in [1.29, 1.82) is 0 Å². The molecule has 0 spiro atoms. The molecule has 0 aliphatic heterocycles. The summed E-state index contributed by atoms with van der Waals surface area (Å²) in [5.41, 5.74) is 0. The molecule has 0 aromatic carbocycles. The highest BCUT2D eigenvalue weighted by Crippen LogP contribution is 1.98. The summed E-state index contributed by atoms with van der Waals surface area (Å²) >= 11 is 0. The summed E-state index contributed by atoms with van der Waals surface area (Å²) in [7, 11) is 0. The highest BCUT2D eigenvalue weighted by atomic mass is 16.4. The molecule has 0 radical (unpaired) electrons. The Bertz CT molecular complexity index is 384. The minimum atomic E-state index is -1.49. The van der Waals surface area contributed by atoms with Crippen molar-refractivity contribution in [3.8, 4) is 0 Å². The Balaban J connectivity index is -0.000000159. The molecular formula is C16H32O14. The second-order valence-corrected chi connectivity index (χ2v) is 5.07. The van der Waals surface area contributed by atoms with Crippen molar-refractivity contribution < 1.29 is 70.9 Å². The van der Waals surface area contributed by atoms with Gasteiger partial charge in [-0.05, 0) is 0 Å². The second-order valence-electron chi connectivity index (χ2n) is 5.07. The maximum atomic E-state index is 9.25. The maximum absolute atomic E-state index is 9.25. The lowest BCUT2D eigenvalue weighted by atomic mass is 10.1. The van der Waals surface area contributed by atoms with Crippen molar-refractivity contribution in [1.82, 2.24) is 0 Å². The van der Waals surface area contributed by atoms with Gasteiger partial charge in [0.05, 0.1) is 26.4 Å². The molecule has 0 aromatic rings. The first kappa shape index (κ1) is 35.5. The zero-order valence-corrected chi connectivity index (χ0v) is 16.0. The smallest absolute Gasteiger partial charge is 0.327 e. The quantitative estimate of drug-likeness (QED) is 0.139. The third kappa shape index (κ3) is 24.1. The third-order valence-corrected chi connectivity index (χ3v) is 2.67. The molecule has 0 bridgehead atoms. The lowest BCUT2D eigenvalue weighted by Crippen LogP contribution is -2.41. The summed E-state index contributed by atoms with van der Waals surface area (Å²) in [5.74, 6) is -1.96. The molecule has 0 aromatic heterocycles. The molecular weight excluding hydrogens is 416 g/mol. The Morgan fingerprint density at radius 1 is 0.567 bits per heavy atom. The minimum Gasteiger partial charge on any atom is -0.478 e. The van der Waals surface area contributed by atoms with Gasteiger partial charge in [-0.2, -0.15) is 0 Å². The highest BCUT2D eigenvalue weighted by Gasteiger charge is 2.23. The molecule has 0 fully saturated rings. The summed E-state index contributed by atoms with van der Waals surface area (Å²) in [6.45, 7) is 3.36. The van der Waals surface area contributed by atoms with Crippen molar-refractivity contribution in [3.05, 3.63) is 25.3 Å². The molecule has 30 heavy (non-hydrogen) atoms. The Kier molecular flexibility index (Phi) is 27.5. The number of aliphatic hydroxyl groups excluding tert-OH is 10. The van der Waals surface area contributed by atoms with E-state index >= 15 is 0 Å². The molecule has 180 valence electrons. The largest absolute Gasteiger partial charge is 0.478 e. The molecule has 0 saturated heterocycles. The van der Waals surface area contributed by atoms with E-state index in [1.54, 1.807) is 0 Å². The fraction of sp³-hybridized carbons (Fsp3) is 0.625. The number of aliphatic hydroxyl groups is 10. The van der Waals surface area contributed by atoms with Gasteiger partial charge in [-0.25, -0.2) is 9.59 Å². The normalized spacial score (nSPS) is 15.5. The topological polar surface area (TPSA) is 277 Å². The standard InChI is InChI=1S/2C5H12O5.2C3H4O2/c2*6-1-3(8)5(10)4(9)2-7;2*1-2-3(4)5/h2*3-10H,1-2H2;2*2H,1H2,(H,4,5)/t2*3-,4+,5?;;. The van der Waals surface area contributed by atoms with Crippen LogP contribution in [0.5, 0.6) is 0 Å². The third-order valence-electron chi connectivity index (χ3n) is 2.67. The lowest BCUT2D eigenvalue weighted by Gasteiger charge is -2.19. The van der Waals surface area contributed by atoms with Crippen LogP contribution >= 0.6 is 0 Å². The Hall–Kier alpha value is -1.98. The molecule has 0 heterocycles. The zero-order chi connectivity index (χ0) is 24.9. The summed E-state index contributed by atoms with van der Waals surface area (Å²) < 4.78 is 0. The van der Waals surface area contributed by atoms with Crippen LogP contribution in [-0.2, 0) is 9.59 Å². The van der Waals surface area contributed by atoms with Crippen LogP contribution in [0.2, 0.25) is 0 Å². The first-order valence-corrected chi connectivity index (χ1v) is 8.03. The average Bonchev–Trinajstić information content (AvgIpc) is 2.76. The molecule has 2 unspecified atom stereocenters. The van der Waals surface area contributed by atoms with Crippen molar-refractivity contribution >= 4 is 11.9 Å². The van der Waals surface area contributed by atoms with Crippen LogP contribution in [0.25, 0.3) is 0 Å². The van der Waals surface area contributed by atoms with Gasteiger partial charge in [0.15, 0.2) is 0 Å². The zero-order valence-electron chi connectivity index (χ0n) is 16.0. The van der Waals surface area contributed by atoms with Crippen LogP contribution in [-0.4, -0.2) is 136 Å². The van der Waals surface area contributed by atoms with Crippen molar-refractivity contribution in [2.24, 2.45) is 0 Å². The molecule has 14 nitrogen and oxygen atoms in total. The maximum Gasteiger partial charge on any atom is 0.327 e. The SMILES string of the molecule is C=CC(=O)O.C=CC(=O)O.OC[C@@H](O)C(O)[C@@H](O)CO.OC[C@@H](O)C(O)[C@@H](O)CO. The predicted molar refractivity (Wildman–Crippen MR) is 100 cm³/mol. The predicted octanol–water partition coefficient (Wildman–Crippen LogP) is -5.38. The number of hydrogen-bond acceptors (Lipinski definition) is 12. The molecule has 14 heteroatoms. The number of hydrogen-bond donors (Lipinski definition) is 12. The lowest BCUT2D eigenvalue weighted by molar-refractivity contribution is -0.132. The van der Waals surface area contributed by atoms with E-state index in [-0.39, 0.29) is 0 Å². The summed E-state index contributed by atoms with van der Waals surface area (Å²) in [4.78, 5) is 18.5. The molecule has 6 atom stereocenters. The van der Waals surface area contributed by atoms with Gasteiger partial charge in [0.2, 0.25) is 0 Å². The van der Waals surface area contributed by atoms with Crippen LogP contribution in [0.4, 0.5) is 0 Å². The Morgan fingerprint density at radius 3 is 0.767 bits per heavy atom. The van der Waals surface area contributed by atoms with Crippen LogP contribution in [0, 0.1) is 0 Å². The summed E-state index contributed by atoms with van der Waals surface area (Å²) in [5, 5.41) is 100. The number of carboxylic acids is 2. The average molecular weight is 448 g/mol. The van der Waals surface area contributed by atoms with Crippen molar-refractivity contribution in [2.45, 2.75) is 36.6 Å². The Morgan fingerprint density at radius 2 is 0.700 bits per heavy atom. The van der Waals surface area contributed by atoms with Crippen molar-refractivity contribution in [2.75, 3.05) is 26.4 Å². The van der Waals surface area contributed by atoms with Gasteiger partial charge < -0.3 is 61.3 Å². The van der Waals surface area contributed by atoms with Gasteiger partial charge in [-0.1, -0.05) is 13.2 Å². The van der Waals surface area contributed by atoms with Crippen molar-refractivity contribution in [3.63, 3.8) is 0 Å². The first-order valence-electron chi connectivity index (χ1n) is 8.03. The highest BCUT2D eigenvalue weighted by molar-refractivity contribution is 5.79. The molecule has 0 aliphatic rings. The van der Waals surface area contributed by atoms with Crippen LogP contribution in [0.1, 0.15) is 0 Å². The van der Waals surface area contributed by atoms with Crippen LogP contribution < -0.4 is 0 Å². The van der Waals surface area contributed by atoms with Gasteiger partial charge >= 0.3 is 11.9 Å². The van der Waals surface area contributed by atoms with Crippen LogP contribution in [0.15, 0.2) is 25.3 Å². The number of aliphatic carboxylic acids is 2. The molecule has 12 N–H and O–H groups in total. The van der Waals surface area contributed by atoms with E-state index in [9.17, 15) is 9.59 Å². The fourth-order valence-electron chi connectivity index (χ4n) is 0.945. The fourth-order valence-corrected chi connectivity index (χ4v) is 0.945. The second kappa shape index (κ2) is 23.3.